The number of benzene rings is 4. The number of likely N-dealkylation sites (tertiary alicyclic amines) is 1. The summed E-state index contributed by atoms with van der Waals surface area (Å²) in [5.41, 5.74) is 17.2. The lowest BCUT2D eigenvalue weighted by Crippen LogP contribution is -2.37. The van der Waals surface area contributed by atoms with Gasteiger partial charge in [-0.3, -0.25) is 24.1 Å². The van der Waals surface area contributed by atoms with E-state index >= 15 is 0 Å². The summed E-state index contributed by atoms with van der Waals surface area (Å²) < 4.78 is 8.50. The minimum Gasteiger partial charge on any atom is -0.329 e. The van der Waals surface area contributed by atoms with E-state index in [9.17, 15) is 19.2 Å². The molecule has 4 aliphatic carbocycles. The average Bonchev–Trinajstić information content (AvgIpc) is 0.975. The number of hydrogen-bond acceptors (Lipinski definition) is 11. The van der Waals surface area contributed by atoms with Crippen LogP contribution in [0.15, 0.2) is 103 Å². The second-order valence-electron chi connectivity index (χ2n) is 35.1. The Morgan fingerprint density at radius 2 is 0.896 bits per heavy atom. The number of aryl methyl sites for hydroxylation is 2. The first-order valence-corrected chi connectivity index (χ1v) is 39.4. The summed E-state index contributed by atoms with van der Waals surface area (Å²) in [7, 11) is 0. The van der Waals surface area contributed by atoms with Gasteiger partial charge in [-0.25, -0.2) is 19.0 Å². The number of anilines is 2. The number of imidazole rings is 1. The summed E-state index contributed by atoms with van der Waals surface area (Å²) in [5, 5.41) is 26.8. The number of fused-ring (bicyclic) bond motifs is 14. The predicted octanol–water partition coefficient (Wildman–Crippen LogP) is 18.9. The average molecular weight is 1440 g/mol. The topological polar surface area (TPSA) is 188 Å². The van der Waals surface area contributed by atoms with Crippen LogP contribution in [0.5, 0.6) is 0 Å². The first-order chi connectivity index (χ1) is 49.7. The minimum absolute atomic E-state index is 0. The van der Waals surface area contributed by atoms with E-state index in [1.165, 1.54) is 72.6 Å². The fourth-order valence-electron chi connectivity index (χ4n) is 17.6. The number of imide groups is 1. The fourth-order valence-corrected chi connectivity index (χ4v) is 17.6. The summed E-state index contributed by atoms with van der Waals surface area (Å²) in [4.78, 5) is 59.2. The molecule has 0 spiro atoms. The minimum atomic E-state index is -0.241. The molecule has 4 aromatic carbocycles. The van der Waals surface area contributed by atoms with E-state index in [4.69, 9.17) is 4.98 Å². The van der Waals surface area contributed by atoms with Gasteiger partial charge in [-0.15, -0.1) is 15.3 Å². The number of nitrogens with zero attached hydrogens (tertiary/aromatic N) is 14. The third kappa shape index (κ3) is 16.5. The maximum atomic E-state index is 13.2. The van der Waals surface area contributed by atoms with Crippen LogP contribution in [0.3, 0.4) is 0 Å². The molecule has 18 heteroatoms. The van der Waals surface area contributed by atoms with E-state index in [1.54, 1.807) is 0 Å². The van der Waals surface area contributed by atoms with Gasteiger partial charge in [-0.1, -0.05) is 177 Å². The van der Waals surface area contributed by atoms with Crippen molar-refractivity contribution >= 4 is 35.0 Å². The number of carbonyl (C=O) groups is 4. The summed E-state index contributed by atoms with van der Waals surface area (Å²) in [6, 6.07) is 33.1. The van der Waals surface area contributed by atoms with Crippen LogP contribution in [0.1, 0.15) is 238 Å². The summed E-state index contributed by atoms with van der Waals surface area (Å²) in [6.07, 6.45) is 12.6. The molecule has 0 radical (unpaired) electrons. The molecule has 2 saturated carbocycles. The lowest BCUT2D eigenvalue weighted by atomic mass is 9.94. The largest absolute Gasteiger partial charge is 0.329 e. The number of carbonyl (C=O) groups excluding carboxylic acids is 4. The van der Waals surface area contributed by atoms with Crippen LogP contribution in [-0.2, 0) is 69.0 Å². The van der Waals surface area contributed by atoms with Gasteiger partial charge in [-0.05, 0) is 211 Å². The van der Waals surface area contributed by atoms with Crippen LogP contribution in [0.4, 0.5) is 11.4 Å². The van der Waals surface area contributed by atoms with Gasteiger partial charge in [0.2, 0.25) is 23.6 Å². The molecule has 7 aliphatic rings. The molecule has 0 bridgehead atoms. The van der Waals surface area contributed by atoms with E-state index in [2.05, 4.69) is 174 Å². The van der Waals surface area contributed by atoms with E-state index in [-0.39, 0.29) is 77.9 Å². The lowest BCUT2D eigenvalue weighted by Gasteiger charge is -2.31. The molecule has 0 N–H and O–H groups in total. The van der Waals surface area contributed by atoms with Crippen molar-refractivity contribution in [2.75, 3.05) is 9.80 Å². The zero-order valence-corrected chi connectivity index (χ0v) is 67.1. The Kier molecular flexibility index (Phi) is 24.6. The van der Waals surface area contributed by atoms with Gasteiger partial charge in [0, 0.05) is 75.8 Å². The highest BCUT2D eigenvalue weighted by atomic mass is 16.2. The van der Waals surface area contributed by atoms with Crippen LogP contribution in [0.25, 0.3) is 45.0 Å². The van der Waals surface area contributed by atoms with Crippen molar-refractivity contribution in [2.24, 2.45) is 71.0 Å². The van der Waals surface area contributed by atoms with Gasteiger partial charge < -0.3 is 14.4 Å². The molecule has 1 saturated heterocycles. The Hall–Kier alpha value is -8.41. The van der Waals surface area contributed by atoms with Crippen molar-refractivity contribution in [3.8, 4) is 45.0 Å². The smallest absolute Gasteiger partial charge is 0.233 e. The maximum Gasteiger partial charge on any atom is 0.233 e. The normalized spacial score (nSPS) is 20.5. The van der Waals surface area contributed by atoms with E-state index < -0.39 is 0 Å². The quantitative estimate of drug-likeness (QED) is 0.132. The molecular weight excluding hydrogens is 1320 g/mol. The number of hydrogen-bond donors (Lipinski definition) is 0. The molecule has 7 atom stereocenters. The summed E-state index contributed by atoms with van der Waals surface area (Å²) in [5.74, 6) is 7.85. The van der Waals surface area contributed by atoms with Gasteiger partial charge in [0.05, 0.1) is 64.8 Å². The van der Waals surface area contributed by atoms with Crippen molar-refractivity contribution in [3.05, 3.63) is 137 Å². The zero-order valence-electron chi connectivity index (χ0n) is 67.1. The fraction of sp³-hybridized carbons (Fsp3) is 0.580. The first-order valence-electron chi connectivity index (χ1n) is 39.4. The number of amides is 4. The molecule has 106 heavy (non-hydrogen) atoms. The summed E-state index contributed by atoms with van der Waals surface area (Å²) in [6.45, 7) is 47.9. The van der Waals surface area contributed by atoms with E-state index in [1.807, 2.05) is 141 Å². The Morgan fingerprint density at radius 3 is 1.38 bits per heavy atom. The van der Waals surface area contributed by atoms with Crippen LogP contribution in [0, 0.1) is 71.0 Å². The highest BCUT2D eigenvalue weighted by molar-refractivity contribution is 6.04. The van der Waals surface area contributed by atoms with Crippen molar-refractivity contribution in [2.45, 2.75) is 260 Å². The second-order valence-corrected chi connectivity index (χ2v) is 35.1. The van der Waals surface area contributed by atoms with Crippen LogP contribution in [-0.4, -0.2) is 89.1 Å². The van der Waals surface area contributed by atoms with Gasteiger partial charge in [-0.2, -0.15) is 0 Å². The number of para-hydroxylation sites is 2. The van der Waals surface area contributed by atoms with Gasteiger partial charge in [0.15, 0.2) is 0 Å². The van der Waals surface area contributed by atoms with Crippen LogP contribution < -0.4 is 9.80 Å². The molecule has 3 aliphatic heterocycles. The predicted molar refractivity (Wildman–Crippen MR) is 427 cm³/mol. The van der Waals surface area contributed by atoms with Crippen molar-refractivity contribution in [1.82, 2.24) is 59.4 Å². The highest BCUT2D eigenvalue weighted by Gasteiger charge is 2.52. The molecule has 15 rings (SSSR count). The maximum absolute atomic E-state index is 13.2. The molecule has 570 valence electrons. The SMILES string of the molecule is C.CC(C)C(=O)N1Cc2ccccc2-c2c(nnn2C(C)C)-c2ccccc21.CC(C)C(=O)N1Cc2ccccc2-c2nnn(C(C)(C)C)c2-c2ccccc21.CC(C)C1CC(=O)N(C(C)C)C1=O.CC(C)[C@@H]1[C@@H]2CCc3c(nnn3C(C)C)CC[C@@H]21.CC(C)[C@@H]1[C@@H]2CCc3ncn(C(C)(C)C)c3CC[C@@H]21. The van der Waals surface area contributed by atoms with Gasteiger partial charge >= 0.3 is 0 Å². The van der Waals surface area contributed by atoms with Gasteiger partial charge in [0.1, 0.15) is 11.4 Å². The third-order valence-corrected chi connectivity index (χ3v) is 22.9. The van der Waals surface area contributed by atoms with Gasteiger partial charge in [0.25, 0.3) is 0 Å². The Labute approximate surface area is 633 Å². The molecule has 18 nitrogen and oxygen atoms in total. The third-order valence-electron chi connectivity index (χ3n) is 22.9. The van der Waals surface area contributed by atoms with E-state index in [0.717, 1.165) is 121 Å². The number of rotatable bonds is 8. The number of aromatic nitrogens is 11. The Morgan fingerprint density at radius 1 is 0.453 bits per heavy atom. The standard InChI is InChI=1S/C23H26N4O.C22H24N4O.C17H28N2.C15H25N3.C10H17NO2.CH4/c1-15(2)22(28)26-14-16-10-6-7-11-17(16)20-21(18-12-8-9-13-19(18)26)27(25-24-20)23(3,4)5;1-14(2)22(27)25-13-16-9-5-6-10-17(16)21-20(23-24-26(21)15(3)4)18-11-7-8-12-19(18)25;1-11(2)16-12-6-8-14-15(9-7-13(12)16)19(10-18-14)17(3,4)5;1-9(2)15-11-5-7-13-14(8-6-12(11)15)18(10(3)4)17-16-13;1-6(2)8-5-9(12)11(7(3)4)10(8)13;/h6-13,15H,14H2,1-5H3;5-12,14-15H,13H2,1-4H3;10-13,16H,6-9H2,1-5H3;9-12,15H,5-8H2,1-4H3;6-8H,5H2,1-4H3;1H4/t;;12-,13+,16-;11-,12+,15-;;/m..10../s1. The van der Waals surface area contributed by atoms with Crippen LogP contribution >= 0.6 is 0 Å². The molecule has 7 heterocycles. The van der Waals surface area contributed by atoms with Crippen molar-refractivity contribution < 1.29 is 19.2 Å². The summed E-state index contributed by atoms with van der Waals surface area (Å²) >= 11 is 0. The van der Waals surface area contributed by atoms with E-state index in [0.29, 0.717) is 25.6 Å². The molecule has 3 fully saturated rings. The second kappa shape index (κ2) is 32.6. The Bertz CT molecular complexity index is 4390. The van der Waals surface area contributed by atoms with Crippen molar-refractivity contribution in [3.63, 3.8) is 0 Å². The monoisotopic (exact) mass is 1440 g/mol. The lowest BCUT2D eigenvalue weighted by molar-refractivity contribution is -0.141. The molecule has 1 unspecified atom stereocenters. The molecule has 4 amide bonds. The highest BCUT2D eigenvalue weighted by Crippen LogP contribution is 2.58. The van der Waals surface area contributed by atoms with Crippen molar-refractivity contribution in [1.29, 1.82) is 0 Å². The molecular formula is C88H124N14O4. The molecule has 8 aromatic rings. The van der Waals surface area contributed by atoms with Crippen LogP contribution in [0.2, 0.25) is 0 Å². The zero-order chi connectivity index (χ0) is 76.0. The first kappa shape index (κ1) is 80.1. The molecule has 4 aromatic heterocycles. The Balaban J connectivity index is 0.000000145.